The van der Waals surface area contributed by atoms with Crippen LogP contribution in [0.25, 0.3) is 0 Å². The number of fused-ring (bicyclic) bond motifs is 1. The lowest BCUT2D eigenvalue weighted by Crippen LogP contribution is -2.40. The summed E-state index contributed by atoms with van der Waals surface area (Å²) in [6.45, 7) is 7.05. The quantitative estimate of drug-likeness (QED) is 0.724. The highest BCUT2D eigenvalue weighted by Crippen LogP contribution is 2.35. The first kappa shape index (κ1) is 21.4. The Morgan fingerprint density at radius 2 is 1.94 bits per heavy atom. The van der Waals surface area contributed by atoms with Crippen molar-refractivity contribution < 1.29 is 14.0 Å². The Labute approximate surface area is 182 Å². The summed E-state index contributed by atoms with van der Waals surface area (Å²) in [4.78, 5) is 38.8. The molecule has 6 nitrogen and oxygen atoms in total. The molecule has 0 spiro atoms. The number of hydrogen-bond acceptors (Lipinski definition) is 4. The number of piperidine rings is 1. The third-order valence-electron chi connectivity index (χ3n) is 6.05. The van der Waals surface area contributed by atoms with Crippen molar-refractivity contribution in [3.63, 3.8) is 0 Å². The maximum absolute atomic E-state index is 13.3. The maximum Gasteiger partial charge on any atom is 0.233 e. The predicted octanol–water partition coefficient (Wildman–Crippen LogP) is 4.11. The molecule has 1 atom stereocenters. The van der Waals surface area contributed by atoms with Gasteiger partial charge >= 0.3 is 0 Å². The van der Waals surface area contributed by atoms with E-state index in [2.05, 4.69) is 0 Å². The number of amides is 2. The van der Waals surface area contributed by atoms with Gasteiger partial charge in [0.15, 0.2) is 5.82 Å². The predicted molar refractivity (Wildman–Crippen MR) is 116 cm³/mol. The average molecular weight is 425 g/mol. The highest BCUT2D eigenvalue weighted by atomic mass is 19.1. The van der Waals surface area contributed by atoms with Gasteiger partial charge in [-0.05, 0) is 49.8 Å². The number of rotatable bonds is 5. The van der Waals surface area contributed by atoms with E-state index < -0.39 is 0 Å². The van der Waals surface area contributed by atoms with Crippen molar-refractivity contribution in [2.45, 2.75) is 65.5 Å². The van der Waals surface area contributed by atoms with Crippen molar-refractivity contribution in [3.05, 3.63) is 52.7 Å². The summed E-state index contributed by atoms with van der Waals surface area (Å²) in [5.74, 6) is 1.33. The molecule has 7 heteroatoms. The number of carbonyl (C=O) groups excluding carboxylic acids is 2. The topological polar surface area (TPSA) is 66.4 Å². The molecule has 0 saturated carbocycles. The minimum Gasteiger partial charge on any atom is -0.332 e. The summed E-state index contributed by atoms with van der Waals surface area (Å²) >= 11 is 0. The lowest BCUT2D eigenvalue weighted by atomic mass is 9.99. The fourth-order valence-electron chi connectivity index (χ4n) is 4.45. The number of nitrogens with zero attached hydrogens (tertiary/aromatic N) is 4. The van der Waals surface area contributed by atoms with Crippen LogP contribution in [0, 0.1) is 18.7 Å². The SMILES string of the molecule is Cc1nc([C@@H]2CCCCN2C(=O)CC(C)C)nc2c1CC(=O)N2Cc1ccc(F)cc1. The summed E-state index contributed by atoms with van der Waals surface area (Å²) in [7, 11) is 0. The summed E-state index contributed by atoms with van der Waals surface area (Å²) in [6.07, 6.45) is 3.61. The van der Waals surface area contributed by atoms with E-state index in [1.165, 1.54) is 12.1 Å². The third kappa shape index (κ3) is 4.45. The van der Waals surface area contributed by atoms with Gasteiger partial charge in [0.05, 0.1) is 19.0 Å². The lowest BCUT2D eigenvalue weighted by Gasteiger charge is -2.35. The van der Waals surface area contributed by atoms with Crippen molar-refractivity contribution in [2.75, 3.05) is 11.4 Å². The van der Waals surface area contributed by atoms with Gasteiger partial charge in [0.25, 0.3) is 0 Å². The van der Waals surface area contributed by atoms with Crippen LogP contribution < -0.4 is 4.90 Å². The molecule has 2 amide bonds. The zero-order valence-corrected chi connectivity index (χ0v) is 18.4. The molecular formula is C24H29FN4O2. The monoisotopic (exact) mass is 424 g/mol. The molecule has 0 unspecified atom stereocenters. The molecule has 0 N–H and O–H groups in total. The van der Waals surface area contributed by atoms with E-state index in [-0.39, 0.29) is 30.1 Å². The Bertz CT molecular complexity index is 990. The smallest absolute Gasteiger partial charge is 0.233 e. The average Bonchev–Trinajstić information content (AvgIpc) is 3.05. The fraction of sp³-hybridized carbons (Fsp3) is 0.500. The molecule has 2 aromatic rings. The van der Waals surface area contributed by atoms with Gasteiger partial charge in [-0.25, -0.2) is 14.4 Å². The van der Waals surface area contributed by atoms with Crippen LogP contribution >= 0.6 is 0 Å². The van der Waals surface area contributed by atoms with E-state index in [1.807, 2.05) is 25.7 Å². The first-order valence-electron chi connectivity index (χ1n) is 11.0. The van der Waals surface area contributed by atoms with E-state index in [0.717, 1.165) is 36.1 Å². The minimum atomic E-state index is -0.305. The van der Waals surface area contributed by atoms with Gasteiger partial charge in [0, 0.05) is 24.2 Å². The van der Waals surface area contributed by atoms with Gasteiger partial charge < -0.3 is 4.90 Å². The van der Waals surface area contributed by atoms with Crippen LogP contribution in [-0.2, 0) is 22.6 Å². The fourth-order valence-corrected chi connectivity index (χ4v) is 4.45. The van der Waals surface area contributed by atoms with Gasteiger partial charge in [-0.2, -0.15) is 0 Å². The van der Waals surface area contributed by atoms with Gasteiger partial charge in [-0.3, -0.25) is 14.5 Å². The molecule has 1 aromatic heterocycles. The second-order valence-corrected chi connectivity index (χ2v) is 8.95. The molecule has 0 radical (unpaired) electrons. The molecule has 0 aliphatic carbocycles. The second kappa shape index (κ2) is 8.73. The summed E-state index contributed by atoms with van der Waals surface area (Å²) in [5.41, 5.74) is 2.47. The summed E-state index contributed by atoms with van der Waals surface area (Å²) in [5, 5.41) is 0. The van der Waals surface area contributed by atoms with Crippen molar-refractivity contribution in [2.24, 2.45) is 5.92 Å². The highest BCUT2D eigenvalue weighted by Gasteiger charge is 2.35. The second-order valence-electron chi connectivity index (χ2n) is 8.95. The van der Waals surface area contributed by atoms with Crippen LogP contribution in [0.2, 0.25) is 0 Å². The third-order valence-corrected chi connectivity index (χ3v) is 6.05. The maximum atomic E-state index is 13.3. The van der Waals surface area contributed by atoms with E-state index in [0.29, 0.717) is 37.1 Å². The molecule has 2 aliphatic heterocycles. The Morgan fingerprint density at radius 1 is 1.19 bits per heavy atom. The van der Waals surface area contributed by atoms with Gasteiger partial charge in [0.1, 0.15) is 11.6 Å². The number of halogens is 1. The Hall–Kier alpha value is -2.83. The highest BCUT2D eigenvalue weighted by molar-refractivity contribution is 6.00. The van der Waals surface area contributed by atoms with Crippen LogP contribution in [0.1, 0.15) is 68.2 Å². The van der Waals surface area contributed by atoms with Crippen molar-refractivity contribution in [1.29, 1.82) is 0 Å². The number of anilines is 1. The molecular weight excluding hydrogens is 395 g/mol. The first-order valence-corrected chi connectivity index (χ1v) is 11.0. The van der Waals surface area contributed by atoms with E-state index in [4.69, 9.17) is 9.97 Å². The molecule has 1 aromatic carbocycles. The lowest BCUT2D eigenvalue weighted by molar-refractivity contribution is -0.136. The molecule has 2 aliphatic rings. The number of hydrogen-bond donors (Lipinski definition) is 0. The zero-order chi connectivity index (χ0) is 22.1. The number of likely N-dealkylation sites (tertiary alicyclic amines) is 1. The Balaban J connectivity index is 1.65. The van der Waals surface area contributed by atoms with E-state index >= 15 is 0 Å². The van der Waals surface area contributed by atoms with Crippen molar-refractivity contribution in [3.8, 4) is 0 Å². The largest absolute Gasteiger partial charge is 0.332 e. The Morgan fingerprint density at radius 3 is 2.65 bits per heavy atom. The van der Waals surface area contributed by atoms with Gasteiger partial charge in [0.2, 0.25) is 11.8 Å². The van der Waals surface area contributed by atoms with Gasteiger partial charge in [-0.1, -0.05) is 26.0 Å². The molecule has 4 rings (SSSR count). The molecule has 1 saturated heterocycles. The molecule has 31 heavy (non-hydrogen) atoms. The van der Waals surface area contributed by atoms with Crippen LogP contribution in [0.4, 0.5) is 10.2 Å². The number of aromatic nitrogens is 2. The van der Waals surface area contributed by atoms with Crippen molar-refractivity contribution >= 4 is 17.6 Å². The van der Waals surface area contributed by atoms with Gasteiger partial charge in [-0.15, -0.1) is 0 Å². The zero-order valence-electron chi connectivity index (χ0n) is 18.4. The molecule has 3 heterocycles. The van der Waals surface area contributed by atoms with E-state index in [9.17, 15) is 14.0 Å². The molecule has 164 valence electrons. The van der Waals surface area contributed by atoms with Crippen molar-refractivity contribution in [1.82, 2.24) is 14.9 Å². The minimum absolute atomic E-state index is 0.0368. The number of benzene rings is 1. The summed E-state index contributed by atoms with van der Waals surface area (Å²) in [6, 6.07) is 6.00. The van der Waals surface area contributed by atoms with Crippen LogP contribution in [0.5, 0.6) is 0 Å². The standard InChI is InChI=1S/C24H29FN4O2/c1-15(2)12-21(30)28-11-5-4-6-20(28)23-26-16(3)19-13-22(31)29(24(19)27-23)14-17-7-9-18(25)10-8-17/h7-10,15,20H,4-6,11-14H2,1-3H3/t20-/m0/s1. The van der Waals surface area contributed by atoms with E-state index in [1.54, 1.807) is 17.0 Å². The normalized spacial score (nSPS) is 18.6. The van der Waals surface area contributed by atoms with Crippen LogP contribution in [-0.4, -0.2) is 33.2 Å². The Kier molecular flexibility index (Phi) is 6.03. The number of carbonyl (C=O) groups is 2. The first-order chi connectivity index (χ1) is 14.8. The molecule has 0 bridgehead atoms. The van der Waals surface area contributed by atoms with Crippen LogP contribution in [0.15, 0.2) is 24.3 Å². The number of aryl methyl sites for hydroxylation is 1. The molecule has 1 fully saturated rings. The van der Waals surface area contributed by atoms with Crippen LogP contribution in [0.3, 0.4) is 0 Å². The summed E-state index contributed by atoms with van der Waals surface area (Å²) < 4.78 is 13.3.